The van der Waals surface area contributed by atoms with E-state index in [4.69, 9.17) is 4.74 Å². The van der Waals surface area contributed by atoms with Gasteiger partial charge in [-0.3, -0.25) is 9.36 Å². The summed E-state index contributed by atoms with van der Waals surface area (Å²) in [7, 11) is 1.52. The largest absolute Gasteiger partial charge is 0.383 e. The standard InChI is InChI=1S/C20H20F2N4O3/c1-12(23-20(28)25-17-8-7-13(21)11-15(17)22)18-24-16-6-4-3-5-14(16)19(27)26(18)9-10-29-2/h3-8,11-12H,9-10H2,1-2H3,(H2,23,25,28)/t12-/m0/s1. The van der Waals surface area contributed by atoms with E-state index in [1.807, 2.05) is 0 Å². The molecule has 0 bridgehead atoms. The molecule has 0 aliphatic rings. The van der Waals surface area contributed by atoms with Crippen LogP contribution in [0.15, 0.2) is 47.3 Å². The average molecular weight is 402 g/mol. The number of benzene rings is 2. The average Bonchev–Trinajstić information content (AvgIpc) is 2.69. The predicted molar refractivity (Wildman–Crippen MR) is 105 cm³/mol. The lowest BCUT2D eigenvalue weighted by Gasteiger charge is -2.19. The van der Waals surface area contributed by atoms with Crippen molar-refractivity contribution in [3.63, 3.8) is 0 Å². The summed E-state index contributed by atoms with van der Waals surface area (Å²) in [6, 6.07) is 8.34. The SMILES string of the molecule is COCCn1c([C@H](C)NC(=O)Nc2ccc(F)cc2F)nc2ccccc2c1=O. The molecule has 1 atom stereocenters. The van der Waals surface area contributed by atoms with Crippen LogP contribution in [0, 0.1) is 11.6 Å². The molecule has 2 amide bonds. The summed E-state index contributed by atoms with van der Waals surface area (Å²) in [5, 5.41) is 5.40. The molecule has 0 saturated heterocycles. The summed E-state index contributed by atoms with van der Waals surface area (Å²) in [5.41, 5.74) is 0.0837. The highest BCUT2D eigenvalue weighted by Gasteiger charge is 2.19. The van der Waals surface area contributed by atoms with Gasteiger partial charge in [0.25, 0.3) is 5.56 Å². The summed E-state index contributed by atoms with van der Waals surface area (Å²) in [6.07, 6.45) is 0. The molecule has 29 heavy (non-hydrogen) atoms. The van der Waals surface area contributed by atoms with Gasteiger partial charge < -0.3 is 15.4 Å². The van der Waals surface area contributed by atoms with Crippen LogP contribution in [0.2, 0.25) is 0 Å². The first kappa shape index (κ1) is 20.4. The van der Waals surface area contributed by atoms with Gasteiger partial charge in [0.1, 0.15) is 17.5 Å². The first-order chi connectivity index (χ1) is 13.9. The Balaban J connectivity index is 1.88. The van der Waals surface area contributed by atoms with Gasteiger partial charge in [0.05, 0.1) is 35.8 Å². The lowest BCUT2D eigenvalue weighted by molar-refractivity contribution is 0.184. The summed E-state index contributed by atoms with van der Waals surface area (Å²) in [4.78, 5) is 29.7. The second-order valence-corrected chi connectivity index (χ2v) is 6.38. The minimum Gasteiger partial charge on any atom is -0.383 e. The Bertz CT molecular complexity index is 1100. The Kier molecular flexibility index (Phi) is 6.18. The fraction of sp³-hybridized carbons (Fsp3) is 0.250. The van der Waals surface area contributed by atoms with Gasteiger partial charge in [-0.05, 0) is 31.2 Å². The fourth-order valence-corrected chi connectivity index (χ4v) is 2.92. The zero-order chi connectivity index (χ0) is 21.0. The van der Waals surface area contributed by atoms with Crippen LogP contribution >= 0.6 is 0 Å². The van der Waals surface area contributed by atoms with E-state index in [1.54, 1.807) is 31.2 Å². The van der Waals surface area contributed by atoms with E-state index < -0.39 is 23.7 Å². The Morgan fingerprint density at radius 2 is 2.00 bits per heavy atom. The van der Waals surface area contributed by atoms with Crippen LogP contribution in [0.1, 0.15) is 18.8 Å². The van der Waals surface area contributed by atoms with Crippen molar-refractivity contribution in [3.8, 4) is 0 Å². The first-order valence-electron chi connectivity index (χ1n) is 8.91. The predicted octanol–water partition coefficient (Wildman–Crippen LogP) is 3.20. The number of halogens is 2. The number of carbonyl (C=O) groups excluding carboxylic acids is 1. The minimum atomic E-state index is -0.895. The van der Waals surface area contributed by atoms with E-state index >= 15 is 0 Å². The normalized spacial score (nSPS) is 12.0. The summed E-state index contributed by atoms with van der Waals surface area (Å²) in [5.74, 6) is -1.31. The second-order valence-electron chi connectivity index (χ2n) is 6.38. The van der Waals surface area contributed by atoms with E-state index in [0.717, 1.165) is 12.1 Å². The number of hydrogen-bond acceptors (Lipinski definition) is 4. The van der Waals surface area contributed by atoms with E-state index in [2.05, 4.69) is 15.6 Å². The molecule has 0 aliphatic carbocycles. The molecule has 0 aliphatic heterocycles. The van der Waals surface area contributed by atoms with Gasteiger partial charge in [-0.2, -0.15) is 0 Å². The summed E-state index contributed by atoms with van der Waals surface area (Å²) >= 11 is 0. The molecule has 9 heteroatoms. The van der Waals surface area contributed by atoms with Crippen LogP contribution in [0.4, 0.5) is 19.3 Å². The number of carbonyl (C=O) groups is 1. The monoisotopic (exact) mass is 402 g/mol. The molecule has 3 rings (SSSR count). The van der Waals surface area contributed by atoms with Crippen LogP contribution in [-0.4, -0.2) is 29.3 Å². The van der Waals surface area contributed by atoms with Crippen molar-refractivity contribution in [2.24, 2.45) is 0 Å². The van der Waals surface area contributed by atoms with Crippen molar-refractivity contribution in [3.05, 3.63) is 70.3 Å². The van der Waals surface area contributed by atoms with Gasteiger partial charge in [0, 0.05) is 13.2 Å². The zero-order valence-corrected chi connectivity index (χ0v) is 15.9. The highest BCUT2D eigenvalue weighted by molar-refractivity contribution is 5.89. The second kappa shape index (κ2) is 8.78. The van der Waals surface area contributed by atoms with Crippen LogP contribution in [0.25, 0.3) is 10.9 Å². The van der Waals surface area contributed by atoms with Gasteiger partial charge >= 0.3 is 6.03 Å². The topological polar surface area (TPSA) is 85.2 Å². The molecular weight excluding hydrogens is 382 g/mol. The Labute approximate surface area is 165 Å². The van der Waals surface area contributed by atoms with Crippen molar-refractivity contribution >= 4 is 22.6 Å². The Morgan fingerprint density at radius 1 is 1.24 bits per heavy atom. The molecule has 0 radical (unpaired) electrons. The number of nitrogens with zero attached hydrogens (tertiary/aromatic N) is 2. The number of ether oxygens (including phenoxy) is 1. The van der Waals surface area contributed by atoms with Crippen molar-refractivity contribution in [1.82, 2.24) is 14.9 Å². The number of hydrogen-bond donors (Lipinski definition) is 2. The molecule has 0 saturated carbocycles. The molecular formula is C20H20F2N4O3. The maximum atomic E-state index is 13.7. The zero-order valence-electron chi connectivity index (χ0n) is 15.9. The summed E-state index contributed by atoms with van der Waals surface area (Å²) in [6.45, 7) is 2.19. The highest BCUT2D eigenvalue weighted by Crippen LogP contribution is 2.17. The van der Waals surface area contributed by atoms with E-state index in [-0.39, 0.29) is 24.4 Å². The summed E-state index contributed by atoms with van der Waals surface area (Å²) < 4.78 is 33.3. The number of amides is 2. The van der Waals surface area contributed by atoms with Gasteiger partial charge in [-0.25, -0.2) is 18.6 Å². The van der Waals surface area contributed by atoms with Crippen molar-refractivity contribution < 1.29 is 18.3 Å². The van der Waals surface area contributed by atoms with E-state index in [9.17, 15) is 18.4 Å². The smallest absolute Gasteiger partial charge is 0.319 e. The molecule has 2 aromatic carbocycles. The van der Waals surface area contributed by atoms with Crippen LogP contribution in [0.5, 0.6) is 0 Å². The lowest BCUT2D eigenvalue weighted by atomic mass is 10.2. The number of para-hydroxylation sites is 1. The van der Waals surface area contributed by atoms with Gasteiger partial charge in [-0.15, -0.1) is 0 Å². The third-order valence-electron chi connectivity index (χ3n) is 4.32. The van der Waals surface area contributed by atoms with E-state index in [0.29, 0.717) is 22.8 Å². The number of methoxy groups -OCH3 is 1. The third-order valence-corrected chi connectivity index (χ3v) is 4.32. The third kappa shape index (κ3) is 4.57. The molecule has 0 spiro atoms. The van der Waals surface area contributed by atoms with Gasteiger partial charge in [0.15, 0.2) is 0 Å². The number of aromatic nitrogens is 2. The number of anilines is 1. The number of fused-ring (bicyclic) bond motifs is 1. The number of urea groups is 1. The first-order valence-corrected chi connectivity index (χ1v) is 8.91. The van der Waals surface area contributed by atoms with Crippen LogP contribution in [0.3, 0.4) is 0 Å². The molecule has 2 N–H and O–H groups in total. The number of rotatable bonds is 6. The number of nitrogens with one attached hydrogen (secondary N) is 2. The highest BCUT2D eigenvalue weighted by atomic mass is 19.1. The molecule has 3 aromatic rings. The lowest BCUT2D eigenvalue weighted by Crippen LogP contribution is -2.36. The quantitative estimate of drug-likeness (QED) is 0.663. The van der Waals surface area contributed by atoms with Crippen molar-refractivity contribution in [1.29, 1.82) is 0 Å². The van der Waals surface area contributed by atoms with Crippen LogP contribution < -0.4 is 16.2 Å². The maximum absolute atomic E-state index is 13.7. The molecule has 1 heterocycles. The molecule has 0 fully saturated rings. The van der Waals surface area contributed by atoms with Crippen LogP contribution in [-0.2, 0) is 11.3 Å². The Hall–Kier alpha value is -3.33. The molecule has 0 unspecified atom stereocenters. The minimum absolute atomic E-state index is 0.167. The maximum Gasteiger partial charge on any atom is 0.319 e. The van der Waals surface area contributed by atoms with Crippen molar-refractivity contribution in [2.75, 3.05) is 19.0 Å². The molecule has 7 nitrogen and oxygen atoms in total. The molecule has 1 aromatic heterocycles. The fourth-order valence-electron chi connectivity index (χ4n) is 2.92. The van der Waals surface area contributed by atoms with Gasteiger partial charge in [0.2, 0.25) is 0 Å². The van der Waals surface area contributed by atoms with E-state index in [1.165, 1.54) is 11.7 Å². The van der Waals surface area contributed by atoms with Gasteiger partial charge in [-0.1, -0.05) is 12.1 Å². The molecule has 152 valence electrons. The Morgan fingerprint density at radius 3 is 2.72 bits per heavy atom. The van der Waals surface area contributed by atoms with Crippen molar-refractivity contribution in [2.45, 2.75) is 19.5 Å².